The first kappa shape index (κ1) is 12.4. The topological polar surface area (TPSA) is 49.8 Å². The third kappa shape index (κ3) is 2.98. The second kappa shape index (κ2) is 5.51. The van der Waals surface area contributed by atoms with Gasteiger partial charge in [0.15, 0.2) is 0 Å². The van der Waals surface area contributed by atoms with E-state index in [0.29, 0.717) is 4.88 Å². The average Bonchev–Trinajstić information content (AvgIpc) is 2.79. The molecule has 2 heterocycles. The normalized spacial score (nSPS) is 20.5. The van der Waals surface area contributed by atoms with Crippen LogP contribution in [-0.2, 0) is 4.74 Å². The molecule has 0 spiro atoms. The van der Waals surface area contributed by atoms with Gasteiger partial charge in [-0.2, -0.15) is 0 Å². The van der Waals surface area contributed by atoms with Crippen molar-refractivity contribution in [3.05, 3.63) is 16.3 Å². The van der Waals surface area contributed by atoms with E-state index in [1.54, 1.807) is 6.07 Å². The van der Waals surface area contributed by atoms with E-state index in [1.165, 1.54) is 11.3 Å². The molecule has 1 unspecified atom stereocenters. The molecule has 0 amide bonds. The number of ether oxygens (including phenoxy) is 1. The van der Waals surface area contributed by atoms with Gasteiger partial charge in [-0.1, -0.05) is 0 Å². The monoisotopic (exact) mass is 255 g/mol. The minimum Gasteiger partial charge on any atom is -0.477 e. The number of carboxylic acids is 1. The van der Waals surface area contributed by atoms with Crippen LogP contribution in [0.25, 0.3) is 0 Å². The molecule has 0 bridgehead atoms. The molecule has 1 saturated heterocycles. The van der Waals surface area contributed by atoms with Crippen LogP contribution in [0.3, 0.4) is 0 Å². The summed E-state index contributed by atoms with van der Waals surface area (Å²) < 4.78 is 5.63. The van der Waals surface area contributed by atoms with Gasteiger partial charge in [0.1, 0.15) is 4.88 Å². The lowest BCUT2D eigenvalue weighted by atomic mass is 10.1. The Balaban J connectivity index is 2.02. The van der Waals surface area contributed by atoms with Crippen LogP contribution < -0.4 is 4.90 Å². The van der Waals surface area contributed by atoms with Crippen LogP contribution in [0.1, 0.15) is 29.4 Å². The molecule has 94 valence electrons. The van der Waals surface area contributed by atoms with E-state index in [2.05, 4.69) is 4.90 Å². The van der Waals surface area contributed by atoms with Gasteiger partial charge in [-0.05, 0) is 25.8 Å². The number of carbonyl (C=O) groups is 1. The van der Waals surface area contributed by atoms with Gasteiger partial charge in [-0.15, -0.1) is 11.3 Å². The molecular weight excluding hydrogens is 238 g/mol. The Labute approximate surface area is 105 Å². The first-order chi connectivity index (χ1) is 8.20. The SMILES string of the molecule is CCOC1CCCN(c2csc(C(=O)O)c2)C1. The summed E-state index contributed by atoms with van der Waals surface area (Å²) in [6, 6.07) is 1.75. The molecule has 4 nitrogen and oxygen atoms in total. The van der Waals surface area contributed by atoms with Gasteiger partial charge in [-0.3, -0.25) is 0 Å². The number of hydrogen-bond donors (Lipinski definition) is 1. The molecule has 1 aromatic heterocycles. The molecule has 0 radical (unpaired) electrons. The summed E-state index contributed by atoms with van der Waals surface area (Å²) in [5.41, 5.74) is 1.01. The van der Waals surface area contributed by atoms with Crippen LogP contribution in [-0.4, -0.2) is 36.9 Å². The largest absolute Gasteiger partial charge is 0.477 e. The molecule has 1 aliphatic heterocycles. The first-order valence-electron chi connectivity index (χ1n) is 5.89. The van der Waals surface area contributed by atoms with Crippen LogP contribution in [0.2, 0.25) is 0 Å². The van der Waals surface area contributed by atoms with Crippen molar-refractivity contribution in [3.8, 4) is 0 Å². The molecule has 1 atom stereocenters. The molecule has 2 rings (SSSR count). The number of hydrogen-bond acceptors (Lipinski definition) is 4. The molecule has 17 heavy (non-hydrogen) atoms. The van der Waals surface area contributed by atoms with Crippen molar-refractivity contribution in [2.75, 3.05) is 24.6 Å². The smallest absolute Gasteiger partial charge is 0.345 e. The lowest BCUT2D eigenvalue weighted by Crippen LogP contribution is -2.39. The summed E-state index contributed by atoms with van der Waals surface area (Å²) in [7, 11) is 0. The van der Waals surface area contributed by atoms with Crippen molar-refractivity contribution in [1.29, 1.82) is 0 Å². The minimum absolute atomic E-state index is 0.280. The second-order valence-electron chi connectivity index (χ2n) is 4.14. The number of rotatable bonds is 4. The van der Waals surface area contributed by atoms with E-state index < -0.39 is 5.97 Å². The molecular formula is C12H17NO3S. The van der Waals surface area contributed by atoms with E-state index in [0.717, 1.165) is 38.2 Å². The maximum absolute atomic E-state index is 10.8. The highest BCUT2D eigenvalue weighted by Gasteiger charge is 2.21. The van der Waals surface area contributed by atoms with E-state index in [9.17, 15) is 4.79 Å². The van der Waals surface area contributed by atoms with Gasteiger partial charge in [0.2, 0.25) is 0 Å². The highest BCUT2D eigenvalue weighted by atomic mass is 32.1. The predicted molar refractivity (Wildman–Crippen MR) is 68.1 cm³/mol. The van der Waals surface area contributed by atoms with Crippen molar-refractivity contribution in [3.63, 3.8) is 0 Å². The molecule has 1 aromatic rings. The zero-order valence-corrected chi connectivity index (χ0v) is 10.7. The van der Waals surface area contributed by atoms with E-state index in [-0.39, 0.29) is 6.10 Å². The fraction of sp³-hybridized carbons (Fsp3) is 0.583. The Morgan fingerprint density at radius 3 is 3.18 bits per heavy atom. The van der Waals surface area contributed by atoms with Gasteiger partial charge in [0, 0.05) is 30.8 Å². The molecule has 0 aliphatic carbocycles. The van der Waals surface area contributed by atoms with Crippen LogP contribution in [0.15, 0.2) is 11.4 Å². The molecule has 0 aromatic carbocycles. The fourth-order valence-corrected chi connectivity index (χ4v) is 2.90. The van der Waals surface area contributed by atoms with Gasteiger partial charge >= 0.3 is 5.97 Å². The highest BCUT2D eigenvalue weighted by molar-refractivity contribution is 7.12. The van der Waals surface area contributed by atoms with Crippen molar-refractivity contribution in [1.82, 2.24) is 0 Å². The summed E-state index contributed by atoms with van der Waals surface area (Å²) in [5.74, 6) is -0.848. The Bertz CT molecular complexity index is 389. The zero-order valence-electron chi connectivity index (χ0n) is 9.89. The Kier molecular flexibility index (Phi) is 4.02. The van der Waals surface area contributed by atoms with Crippen molar-refractivity contribution < 1.29 is 14.6 Å². The standard InChI is InChI=1S/C12H17NO3S/c1-2-16-10-4-3-5-13(7-10)9-6-11(12(14)15)17-8-9/h6,8,10H,2-5,7H2,1H3,(H,14,15). The lowest BCUT2D eigenvalue weighted by Gasteiger charge is -2.33. The summed E-state index contributed by atoms with van der Waals surface area (Å²) >= 11 is 1.28. The summed E-state index contributed by atoms with van der Waals surface area (Å²) in [6.45, 7) is 4.59. The minimum atomic E-state index is -0.848. The number of thiophene rings is 1. The molecule has 1 N–H and O–H groups in total. The van der Waals surface area contributed by atoms with Crippen LogP contribution in [0.4, 0.5) is 5.69 Å². The third-order valence-electron chi connectivity index (χ3n) is 2.94. The first-order valence-corrected chi connectivity index (χ1v) is 6.77. The number of nitrogens with zero attached hydrogens (tertiary/aromatic N) is 1. The number of carboxylic acid groups (broad SMARTS) is 1. The maximum Gasteiger partial charge on any atom is 0.345 e. The van der Waals surface area contributed by atoms with Gasteiger partial charge in [-0.25, -0.2) is 4.79 Å². The predicted octanol–water partition coefficient (Wildman–Crippen LogP) is 2.45. The van der Waals surface area contributed by atoms with E-state index >= 15 is 0 Å². The van der Waals surface area contributed by atoms with Crippen LogP contribution >= 0.6 is 11.3 Å². The third-order valence-corrected chi connectivity index (χ3v) is 3.85. The van der Waals surface area contributed by atoms with E-state index in [4.69, 9.17) is 9.84 Å². The molecule has 5 heteroatoms. The fourth-order valence-electron chi connectivity index (χ4n) is 2.15. The Morgan fingerprint density at radius 2 is 2.53 bits per heavy atom. The average molecular weight is 255 g/mol. The van der Waals surface area contributed by atoms with Crippen molar-refractivity contribution >= 4 is 23.0 Å². The van der Waals surface area contributed by atoms with Gasteiger partial charge in [0.05, 0.1) is 6.10 Å². The van der Waals surface area contributed by atoms with E-state index in [1.807, 2.05) is 12.3 Å². The van der Waals surface area contributed by atoms with Gasteiger partial charge in [0.25, 0.3) is 0 Å². The van der Waals surface area contributed by atoms with Crippen LogP contribution in [0.5, 0.6) is 0 Å². The molecule has 0 saturated carbocycles. The van der Waals surface area contributed by atoms with Crippen molar-refractivity contribution in [2.24, 2.45) is 0 Å². The van der Waals surface area contributed by atoms with Gasteiger partial charge < -0.3 is 14.7 Å². The lowest BCUT2D eigenvalue weighted by molar-refractivity contribution is 0.0527. The quantitative estimate of drug-likeness (QED) is 0.898. The second-order valence-corrected chi connectivity index (χ2v) is 5.05. The summed E-state index contributed by atoms with van der Waals surface area (Å²) in [4.78, 5) is 13.4. The Hall–Kier alpha value is -1.07. The number of piperidine rings is 1. The Morgan fingerprint density at radius 1 is 1.71 bits per heavy atom. The molecule has 1 aliphatic rings. The summed E-state index contributed by atoms with van der Waals surface area (Å²) in [5, 5.41) is 10.8. The highest BCUT2D eigenvalue weighted by Crippen LogP contribution is 2.26. The van der Waals surface area contributed by atoms with Crippen molar-refractivity contribution in [2.45, 2.75) is 25.9 Å². The van der Waals surface area contributed by atoms with Crippen LogP contribution in [0, 0.1) is 0 Å². The summed E-state index contributed by atoms with van der Waals surface area (Å²) in [6.07, 6.45) is 2.48. The number of aromatic carboxylic acids is 1. The molecule has 1 fully saturated rings. The zero-order chi connectivity index (χ0) is 12.3. The maximum atomic E-state index is 10.8. The number of anilines is 1.